The highest BCUT2D eigenvalue weighted by Gasteiger charge is 1.97. The number of methoxy groups -OCH3 is 1. The smallest absolute Gasteiger partial charge is 0.218 e. The van der Waals surface area contributed by atoms with Crippen LogP contribution in [0.4, 0.5) is 5.82 Å². The third-order valence-corrected chi connectivity index (χ3v) is 2.19. The maximum atomic E-state index is 5.02. The lowest BCUT2D eigenvalue weighted by Gasteiger charge is -2.09. The van der Waals surface area contributed by atoms with Crippen molar-refractivity contribution in [2.45, 2.75) is 12.8 Å². The molecule has 0 fully saturated rings. The minimum Gasteiger partial charge on any atom is -0.481 e. The summed E-state index contributed by atoms with van der Waals surface area (Å²) in [5, 5.41) is 3.24. The molecule has 1 aromatic heterocycles. The van der Waals surface area contributed by atoms with Crippen LogP contribution in [0.3, 0.4) is 0 Å². The number of unbranched alkanes of at least 4 members (excludes halogenated alkanes) is 1. The van der Waals surface area contributed by atoms with Crippen molar-refractivity contribution in [2.75, 3.05) is 39.6 Å². The zero-order chi connectivity index (χ0) is 11.8. The number of anilines is 1. The van der Waals surface area contributed by atoms with E-state index in [1.54, 1.807) is 13.2 Å². The van der Waals surface area contributed by atoms with Gasteiger partial charge in [-0.25, -0.2) is 9.97 Å². The van der Waals surface area contributed by atoms with Crippen LogP contribution in [0.1, 0.15) is 12.8 Å². The highest BCUT2D eigenvalue weighted by molar-refractivity contribution is 5.36. The number of nitrogens with zero attached hydrogens (tertiary/aromatic N) is 3. The zero-order valence-corrected chi connectivity index (χ0v) is 10.2. The van der Waals surface area contributed by atoms with E-state index in [1.165, 1.54) is 12.7 Å². The van der Waals surface area contributed by atoms with Crippen LogP contribution in [0.5, 0.6) is 5.88 Å². The summed E-state index contributed by atoms with van der Waals surface area (Å²) in [5.41, 5.74) is 0. The molecule has 0 aliphatic heterocycles. The van der Waals surface area contributed by atoms with Gasteiger partial charge in [-0.05, 0) is 33.5 Å². The SMILES string of the molecule is COc1cc(NCCCCN(C)C)ncn1. The van der Waals surface area contributed by atoms with Crippen molar-refractivity contribution in [1.29, 1.82) is 0 Å². The fourth-order valence-electron chi connectivity index (χ4n) is 1.32. The molecule has 5 nitrogen and oxygen atoms in total. The van der Waals surface area contributed by atoms with Crippen LogP contribution >= 0.6 is 0 Å². The van der Waals surface area contributed by atoms with Gasteiger partial charge in [-0.1, -0.05) is 0 Å². The van der Waals surface area contributed by atoms with Crippen molar-refractivity contribution in [3.8, 4) is 5.88 Å². The molecule has 1 rings (SSSR count). The maximum Gasteiger partial charge on any atom is 0.218 e. The first-order valence-electron chi connectivity index (χ1n) is 5.47. The van der Waals surface area contributed by atoms with Crippen LogP contribution in [-0.4, -0.2) is 49.2 Å². The number of nitrogens with one attached hydrogen (secondary N) is 1. The third kappa shape index (κ3) is 4.93. The van der Waals surface area contributed by atoms with Crippen molar-refractivity contribution in [2.24, 2.45) is 0 Å². The Morgan fingerprint density at radius 3 is 2.81 bits per heavy atom. The van der Waals surface area contributed by atoms with E-state index in [0.29, 0.717) is 5.88 Å². The molecule has 1 heterocycles. The van der Waals surface area contributed by atoms with Gasteiger partial charge in [-0.3, -0.25) is 0 Å². The highest BCUT2D eigenvalue weighted by atomic mass is 16.5. The Morgan fingerprint density at radius 1 is 1.31 bits per heavy atom. The van der Waals surface area contributed by atoms with Gasteiger partial charge >= 0.3 is 0 Å². The normalized spacial score (nSPS) is 10.5. The Balaban J connectivity index is 2.21. The van der Waals surface area contributed by atoms with Gasteiger partial charge in [0.25, 0.3) is 0 Å². The molecule has 90 valence electrons. The van der Waals surface area contributed by atoms with Gasteiger partial charge in [0.05, 0.1) is 7.11 Å². The van der Waals surface area contributed by atoms with Crippen molar-refractivity contribution in [1.82, 2.24) is 14.9 Å². The topological polar surface area (TPSA) is 50.3 Å². The van der Waals surface area contributed by atoms with Crippen molar-refractivity contribution in [3.63, 3.8) is 0 Å². The van der Waals surface area contributed by atoms with Crippen molar-refractivity contribution in [3.05, 3.63) is 12.4 Å². The molecule has 0 bridgehead atoms. The van der Waals surface area contributed by atoms with Crippen LogP contribution < -0.4 is 10.1 Å². The summed E-state index contributed by atoms with van der Waals surface area (Å²) in [5.74, 6) is 1.41. The summed E-state index contributed by atoms with van der Waals surface area (Å²) >= 11 is 0. The van der Waals surface area contributed by atoms with E-state index < -0.39 is 0 Å². The Kier molecular flexibility index (Phi) is 5.56. The fourth-order valence-corrected chi connectivity index (χ4v) is 1.32. The van der Waals surface area contributed by atoms with E-state index in [9.17, 15) is 0 Å². The molecule has 1 aromatic rings. The quantitative estimate of drug-likeness (QED) is 0.706. The first kappa shape index (κ1) is 12.7. The van der Waals surface area contributed by atoms with Crippen LogP contribution in [0, 0.1) is 0 Å². The van der Waals surface area contributed by atoms with E-state index in [0.717, 1.165) is 25.3 Å². The Bertz CT molecular complexity index is 304. The Labute approximate surface area is 96.8 Å². The van der Waals surface area contributed by atoms with E-state index in [1.807, 2.05) is 0 Å². The van der Waals surface area contributed by atoms with Gasteiger partial charge < -0.3 is 15.0 Å². The number of aromatic nitrogens is 2. The van der Waals surface area contributed by atoms with Crippen LogP contribution in [0.25, 0.3) is 0 Å². The van der Waals surface area contributed by atoms with E-state index in [2.05, 4.69) is 34.3 Å². The summed E-state index contributed by atoms with van der Waals surface area (Å²) in [4.78, 5) is 10.2. The van der Waals surface area contributed by atoms with Crippen molar-refractivity contribution >= 4 is 5.82 Å². The predicted octanol–water partition coefficient (Wildman–Crippen LogP) is 1.24. The number of rotatable bonds is 7. The molecule has 5 heteroatoms. The lowest BCUT2D eigenvalue weighted by Crippen LogP contribution is -2.14. The molecule has 0 saturated heterocycles. The van der Waals surface area contributed by atoms with Gasteiger partial charge in [0.1, 0.15) is 12.1 Å². The molecule has 0 amide bonds. The highest BCUT2D eigenvalue weighted by Crippen LogP contribution is 2.09. The predicted molar refractivity (Wildman–Crippen MR) is 64.9 cm³/mol. The molecule has 0 aliphatic carbocycles. The Morgan fingerprint density at radius 2 is 2.12 bits per heavy atom. The molecular formula is C11H20N4O. The van der Waals surface area contributed by atoms with Crippen LogP contribution in [0.15, 0.2) is 12.4 Å². The molecule has 16 heavy (non-hydrogen) atoms. The minimum absolute atomic E-state index is 0.589. The maximum absolute atomic E-state index is 5.02. The molecule has 0 atom stereocenters. The van der Waals surface area contributed by atoms with Gasteiger partial charge in [-0.15, -0.1) is 0 Å². The number of hydrogen-bond acceptors (Lipinski definition) is 5. The Hall–Kier alpha value is -1.36. The van der Waals surface area contributed by atoms with Crippen molar-refractivity contribution < 1.29 is 4.74 Å². The second-order valence-corrected chi connectivity index (χ2v) is 3.88. The standard InChI is InChI=1S/C11H20N4O/c1-15(2)7-5-4-6-12-10-8-11(16-3)14-9-13-10/h8-9H,4-7H2,1-3H3,(H,12,13,14). The van der Waals surface area contributed by atoms with Gasteiger partial charge in [0.15, 0.2) is 0 Å². The van der Waals surface area contributed by atoms with E-state index in [4.69, 9.17) is 4.74 Å². The summed E-state index contributed by atoms with van der Waals surface area (Å²) in [7, 11) is 5.77. The lowest BCUT2D eigenvalue weighted by atomic mass is 10.3. The molecule has 0 saturated carbocycles. The second-order valence-electron chi connectivity index (χ2n) is 3.88. The van der Waals surface area contributed by atoms with Gasteiger partial charge in [0.2, 0.25) is 5.88 Å². The largest absolute Gasteiger partial charge is 0.481 e. The van der Waals surface area contributed by atoms with E-state index in [-0.39, 0.29) is 0 Å². The monoisotopic (exact) mass is 224 g/mol. The average Bonchev–Trinajstić information content (AvgIpc) is 2.28. The first-order valence-corrected chi connectivity index (χ1v) is 5.47. The summed E-state index contributed by atoms with van der Waals surface area (Å²) in [6.45, 7) is 2.04. The third-order valence-electron chi connectivity index (χ3n) is 2.19. The van der Waals surface area contributed by atoms with E-state index >= 15 is 0 Å². The lowest BCUT2D eigenvalue weighted by molar-refractivity contribution is 0.395. The molecule has 0 aliphatic rings. The molecule has 0 aromatic carbocycles. The molecule has 1 N–H and O–H groups in total. The summed E-state index contributed by atoms with van der Waals surface area (Å²) in [6, 6.07) is 1.80. The van der Waals surface area contributed by atoms with Crippen LogP contribution in [0.2, 0.25) is 0 Å². The molecule has 0 spiro atoms. The fraction of sp³-hybridized carbons (Fsp3) is 0.636. The van der Waals surface area contributed by atoms with Gasteiger partial charge in [-0.2, -0.15) is 0 Å². The average molecular weight is 224 g/mol. The summed E-state index contributed by atoms with van der Waals surface area (Å²) in [6.07, 6.45) is 3.81. The summed E-state index contributed by atoms with van der Waals surface area (Å²) < 4.78 is 5.02. The second kappa shape index (κ2) is 7.00. The minimum atomic E-state index is 0.589. The first-order chi connectivity index (χ1) is 7.72. The molecule has 0 unspecified atom stereocenters. The number of hydrogen-bond donors (Lipinski definition) is 1. The molecule has 0 radical (unpaired) electrons. The van der Waals surface area contributed by atoms with Crippen LogP contribution in [-0.2, 0) is 0 Å². The zero-order valence-electron chi connectivity index (χ0n) is 10.2. The van der Waals surface area contributed by atoms with Gasteiger partial charge in [0, 0.05) is 12.6 Å². The molecular weight excluding hydrogens is 204 g/mol. The number of ether oxygens (including phenoxy) is 1.